The van der Waals surface area contributed by atoms with Crippen LogP contribution in [0.5, 0.6) is 0 Å². The molecule has 0 heterocycles. The second kappa shape index (κ2) is 14.8. The Bertz CT molecular complexity index is 299. The predicted molar refractivity (Wildman–Crippen MR) is 80.0 cm³/mol. The summed E-state index contributed by atoms with van der Waals surface area (Å²) in [6, 6.07) is 0. The molecule has 0 aliphatic heterocycles. The molecule has 0 aliphatic rings. The largest absolute Gasteiger partial charge is 1.00 e. The summed E-state index contributed by atoms with van der Waals surface area (Å²) in [4.78, 5) is 0. The third-order valence-electron chi connectivity index (χ3n) is 3.33. The van der Waals surface area contributed by atoms with E-state index >= 15 is 0 Å². The monoisotopic (exact) mass is 318 g/mol. The molecule has 0 aliphatic carbocycles. The Morgan fingerprint density at radius 2 is 1.35 bits per heavy atom. The van der Waals surface area contributed by atoms with Crippen molar-refractivity contribution in [3.63, 3.8) is 0 Å². The maximum Gasteiger partial charge on any atom is 1.00 e. The zero-order chi connectivity index (χ0) is 14.6. The van der Waals surface area contributed by atoms with Gasteiger partial charge in [-0.05, 0) is 25.7 Å². The minimum atomic E-state index is -3.84. The third-order valence-corrected chi connectivity index (χ3v) is 4.14. The average Bonchev–Trinajstić information content (AvgIpc) is 2.32. The van der Waals surface area contributed by atoms with Crippen molar-refractivity contribution in [2.45, 2.75) is 83.7 Å². The number of hydrogen-bond acceptors (Lipinski definition) is 3. The van der Waals surface area contributed by atoms with Crippen molar-refractivity contribution in [2.24, 2.45) is 0 Å². The fraction of sp³-hybridized carbons (Fsp3) is 1.00. The molecule has 0 rings (SSSR count). The fourth-order valence-corrected chi connectivity index (χ4v) is 2.71. The normalized spacial score (nSPS) is 12.9. The molecule has 0 saturated heterocycles. The Morgan fingerprint density at radius 3 is 1.85 bits per heavy atom. The van der Waals surface area contributed by atoms with E-state index in [9.17, 15) is 13.5 Å². The molecule has 20 heavy (non-hydrogen) atoms. The van der Waals surface area contributed by atoms with Gasteiger partial charge >= 0.3 is 29.6 Å². The Labute approximate surface area is 148 Å². The maximum absolute atomic E-state index is 10.5. The van der Waals surface area contributed by atoms with Crippen LogP contribution < -0.4 is 29.6 Å². The molecule has 0 aromatic carbocycles. The second-order valence-corrected chi connectivity index (χ2v) is 6.92. The van der Waals surface area contributed by atoms with E-state index in [0.29, 0.717) is 19.3 Å². The summed E-state index contributed by atoms with van der Waals surface area (Å²) in [7, 11) is -3.84. The summed E-state index contributed by atoms with van der Waals surface area (Å²) in [6.45, 7) is 2.21. The number of rotatable bonds is 13. The van der Waals surface area contributed by atoms with E-state index in [1.54, 1.807) is 0 Å². The molecule has 4 nitrogen and oxygen atoms in total. The average molecular weight is 318 g/mol. The van der Waals surface area contributed by atoms with Crippen molar-refractivity contribution in [1.82, 2.24) is 0 Å². The predicted octanol–water partition coefficient (Wildman–Crippen LogP) is 0.663. The van der Waals surface area contributed by atoms with Crippen molar-refractivity contribution in [2.75, 3.05) is 5.75 Å². The van der Waals surface area contributed by atoms with Gasteiger partial charge < -0.3 is 6.53 Å². The quantitative estimate of drug-likeness (QED) is 0.297. The van der Waals surface area contributed by atoms with Crippen LogP contribution in [0, 0.1) is 0 Å². The summed E-state index contributed by atoms with van der Waals surface area (Å²) in [6.07, 6.45) is 10.8. The van der Waals surface area contributed by atoms with Crippen LogP contribution in [0.4, 0.5) is 0 Å². The van der Waals surface area contributed by atoms with Crippen molar-refractivity contribution >= 4 is 10.1 Å². The van der Waals surface area contributed by atoms with Crippen LogP contribution >= 0.6 is 0 Å². The zero-order valence-corrected chi connectivity index (χ0v) is 16.0. The number of aliphatic hydroxyl groups excluding tert-OH is 1. The molecule has 0 aromatic heterocycles. The molecule has 0 spiro atoms. The van der Waals surface area contributed by atoms with Gasteiger partial charge in [-0.15, -0.1) is 0 Å². The van der Waals surface area contributed by atoms with Crippen LogP contribution in [0.3, 0.4) is 0 Å². The molecule has 0 bridgehead atoms. The molecule has 0 aromatic rings. The van der Waals surface area contributed by atoms with E-state index in [-0.39, 0.29) is 42.8 Å². The van der Waals surface area contributed by atoms with Gasteiger partial charge in [0.2, 0.25) is 0 Å². The Hall–Kier alpha value is 0.870. The van der Waals surface area contributed by atoms with Gasteiger partial charge in [-0.2, -0.15) is 8.42 Å². The van der Waals surface area contributed by atoms with E-state index in [4.69, 9.17) is 4.55 Å². The second-order valence-electron chi connectivity index (χ2n) is 5.35. The first-order valence-corrected chi connectivity index (χ1v) is 9.20. The summed E-state index contributed by atoms with van der Waals surface area (Å²) < 4.78 is 29.5. The van der Waals surface area contributed by atoms with Crippen LogP contribution in [-0.4, -0.2) is 29.9 Å². The molecule has 1 atom stereocenters. The zero-order valence-electron chi connectivity index (χ0n) is 14.2. The Balaban J connectivity index is -0.00000162. The van der Waals surface area contributed by atoms with Crippen molar-refractivity contribution in [1.29, 1.82) is 0 Å². The van der Waals surface area contributed by atoms with Crippen LogP contribution in [-0.2, 0) is 10.1 Å². The molecule has 0 saturated carbocycles. The summed E-state index contributed by atoms with van der Waals surface area (Å²) >= 11 is 0. The van der Waals surface area contributed by atoms with E-state index < -0.39 is 10.1 Å². The smallest absolute Gasteiger partial charge is 1.00 e. The van der Waals surface area contributed by atoms with E-state index in [2.05, 4.69) is 6.92 Å². The molecule has 0 amide bonds. The van der Waals surface area contributed by atoms with Crippen LogP contribution in [0.15, 0.2) is 0 Å². The van der Waals surface area contributed by atoms with Gasteiger partial charge in [0.05, 0.1) is 11.9 Å². The summed E-state index contributed by atoms with van der Waals surface area (Å²) in [5, 5.41) is 9.71. The maximum atomic E-state index is 10.5. The van der Waals surface area contributed by atoms with Crippen molar-refractivity contribution in [3.8, 4) is 0 Å². The molecular weight excluding hydrogens is 287 g/mol. The topological polar surface area (TPSA) is 74.6 Å². The van der Waals surface area contributed by atoms with Crippen LogP contribution in [0.2, 0.25) is 0 Å². The van der Waals surface area contributed by atoms with Gasteiger partial charge in [0, 0.05) is 0 Å². The molecule has 0 fully saturated rings. The summed E-state index contributed by atoms with van der Waals surface area (Å²) in [5.74, 6) is -0.197. The Morgan fingerprint density at radius 1 is 0.900 bits per heavy atom. The van der Waals surface area contributed by atoms with Gasteiger partial charge in [0.1, 0.15) is 0 Å². The Kier molecular flexibility index (Phi) is 17.1. The van der Waals surface area contributed by atoms with Crippen molar-refractivity contribution in [3.05, 3.63) is 0 Å². The van der Waals surface area contributed by atoms with Gasteiger partial charge in [0.25, 0.3) is 10.1 Å². The SMILES string of the molecule is CCCCCCCCCC(O)CCCCS(=O)(=O)O.[H-].[Na+]. The molecular formula is C14H31NaO4S. The van der Waals surface area contributed by atoms with Crippen molar-refractivity contribution < 1.29 is 49.1 Å². The standard InChI is InChI=1S/C14H30O4S.Na.H/c1-2-3-4-5-6-7-8-11-14(15)12-9-10-13-19(16,17)18;;/h14-15H,2-13H2,1H3,(H,16,17,18);;/q;+1;-1. The third kappa shape index (κ3) is 18.9. The molecule has 2 N–H and O–H groups in total. The van der Waals surface area contributed by atoms with E-state index in [0.717, 1.165) is 12.8 Å². The van der Waals surface area contributed by atoms with E-state index in [1.807, 2.05) is 0 Å². The molecule has 118 valence electrons. The molecule has 0 radical (unpaired) electrons. The first kappa shape index (κ1) is 23.1. The van der Waals surface area contributed by atoms with Gasteiger partial charge in [-0.1, -0.05) is 51.9 Å². The molecule has 1 unspecified atom stereocenters. The first-order chi connectivity index (χ1) is 8.95. The number of hydrogen-bond donors (Lipinski definition) is 2. The summed E-state index contributed by atoms with van der Waals surface area (Å²) in [5.41, 5.74) is 0. The van der Waals surface area contributed by atoms with Crippen LogP contribution in [0.25, 0.3) is 0 Å². The molecule has 6 heteroatoms. The number of aliphatic hydroxyl groups is 1. The minimum absolute atomic E-state index is 0. The number of unbranched alkanes of at least 4 members (excludes halogenated alkanes) is 7. The van der Waals surface area contributed by atoms with Crippen LogP contribution in [0.1, 0.15) is 79.0 Å². The minimum Gasteiger partial charge on any atom is -1.00 e. The van der Waals surface area contributed by atoms with Gasteiger partial charge in [-0.3, -0.25) is 4.55 Å². The fourth-order valence-electron chi connectivity index (χ4n) is 2.15. The van der Waals surface area contributed by atoms with Gasteiger partial charge in [-0.25, -0.2) is 0 Å². The first-order valence-electron chi connectivity index (χ1n) is 7.59. The van der Waals surface area contributed by atoms with E-state index in [1.165, 1.54) is 38.5 Å². The van der Waals surface area contributed by atoms with Gasteiger partial charge in [0.15, 0.2) is 0 Å².